The summed E-state index contributed by atoms with van der Waals surface area (Å²) in [5, 5.41) is 14.2. The summed E-state index contributed by atoms with van der Waals surface area (Å²) >= 11 is 17.6. The molecule has 0 fully saturated rings. The monoisotopic (exact) mass is 404 g/mol. The Morgan fingerprint density at radius 3 is 2.40 bits per heavy atom. The molecule has 0 saturated heterocycles. The van der Waals surface area contributed by atoms with Gasteiger partial charge in [0.1, 0.15) is 0 Å². The minimum absolute atomic E-state index is 0.0148. The summed E-state index contributed by atoms with van der Waals surface area (Å²) in [5.41, 5.74) is 5.38. The molecule has 25 heavy (non-hydrogen) atoms. The topological polar surface area (TPSA) is 120 Å². The molecule has 3 N–H and O–H groups in total. The fourth-order valence-corrected chi connectivity index (χ4v) is 2.08. The Morgan fingerprint density at radius 1 is 1.20 bits per heavy atom. The highest BCUT2D eigenvalue weighted by Crippen LogP contribution is 2.37. The molecule has 0 atom stereocenters. The number of hydrogen-bond donors (Lipinski definition) is 2. The standard InChI is InChI=1S/C14H15Cl3N6O2/c1-13(2,18)7-19-12-21-10(20-11(22-12)14(15,16)17)8-5-3-4-6-9(8)23(24)25/h3-6H,7,18H2,1-2H3,(H,19,20,21,22). The van der Waals surface area contributed by atoms with Crippen molar-refractivity contribution in [2.24, 2.45) is 5.73 Å². The van der Waals surface area contributed by atoms with Gasteiger partial charge in [-0.2, -0.15) is 9.97 Å². The van der Waals surface area contributed by atoms with Crippen molar-refractivity contribution in [2.45, 2.75) is 23.2 Å². The second-order valence-corrected chi connectivity index (χ2v) is 8.20. The Balaban J connectivity index is 2.56. The molecule has 0 spiro atoms. The fraction of sp³-hybridized carbons (Fsp3) is 0.357. The number of anilines is 1. The molecule has 0 aliphatic heterocycles. The number of halogens is 3. The van der Waals surface area contributed by atoms with Crippen LogP contribution in [0.1, 0.15) is 19.7 Å². The number of benzene rings is 1. The van der Waals surface area contributed by atoms with Crippen molar-refractivity contribution >= 4 is 46.4 Å². The third-order valence-corrected chi connectivity index (χ3v) is 3.44. The summed E-state index contributed by atoms with van der Waals surface area (Å²) in [4.78, 5) is 23.0. The first-order chi connectivity index (χ1) is 11.5. The summed E-state index contributed by atoms with van der Waals surface area (Å²) in [6.07, 6.45) is 0. The number of rotatable bonds is 5. The zero-order valence-corrected chi connectivity index (χ0v) is 15.6. The highest BCUT2D eigenvalue weighted by molar-refractivity contribution is 6.66. The summed E-state index contributed by atoms with van der Waals surface area (Å²) in [6, 6.07) is 6.00. The Kier molecular flexibility index (Phi) is 5.68. The van der Waals surface area contributed by atoms with E-state index >= 15 is 0 Å². The molecule has 0 amide bonds. The van der Waals surface area contributed by atoms with E-state index in [9.17, 15) is 10.1 Å². The van der Waals surface area contributed by atoms with Crippen LogP contribution in [-0.2, 0) is 3.79 Å². The average Bonchev–Trinajstić information content (AvgIpc) is 2.51. The smallest absolute Gasteiger partial charge is 0.280 e. The number of nitrogens with two attached hydrogens (primary N) is 1. The number of nitro groups is 1. The lowest BCUT2D eigenvalue weighted by Crippen LogP contribution is -2.40. The van der Waals surface area contributed by atoms with E-state index in [4.69, 9.17) is 40.5 Å². The summed E-state index contributed by atoms with van der Waals surface area (Å²) in [5.74, 6) is -0.0399. The number of nitro benzene ring substituents is 1. The quantitative estimate of drug-likeness (QED) is 0.444. The van der Waals surface area contributed by atoms with Crippen LogP contribution in [0.5, 0.6) is 0 Å². The SMILES string of the molecule is CC(C)(N)CNc1nc(-c2ccccc2[N+](=O)[O-])nc(C(Cl)(Cl)Cl)n1. The number of hydrogen-bond acceptors (Lipinski definition) is 7. The molecular formula is C14H15Cl3N6O2. The zero-order valence-electron chi connectivity index (χ0n) is 13.3. The summed E-state index contributed by atoms with van der Waals surface area (Å²) in [6.45, 7) is 3.94. The molecule has 0 saturated carbocycles. The number of para-hydroxylation sites is 1. The Bertz CT molecular complexity index is 789. The molecule has 0 radical (unpaired) electrons. The van der Waals surface area contributed by atoms with Crippen molar-refractivity contribution in [1.29, 1.82) is 0 Å². The Morgan fingerprint density at radius 2 is 1.84 bits per heavy atom. The first-order valence-corrected chi connectivity index (χ1v) is 8.20. The predicted molar refractivity (Wildman–Crippen MR) is 97.9 cm³/mol. The van der Waals surface area contributed by atoms with Gasteiger partial charge in [-0.25, -0.2) is 4.98 Å². The maximum absolute atomic E-state index is 11.2. The number of nitrogens with one attached hydrogen (secondary N) is 1. The highest BCUT2D eigenvalue weighted by atomic mass is 35.6. The number of aromatic nitrogens is 3. The van der Waals surface area contributed by atoms with E-state index in [2.05, 4.69) is 20.3 Å². The molecule has 0 aliphatic carbocycles. The molecule has 134 valence electrons. The van der Waals surface area contributed by atoms with Crippen LogP contribution >= 0.6 is 34.8 Å². The van der Waals surface area contributed by atoms with Crippen LogP contribution in [0.2, 0.25) is 0 Å². The number of alkyl halides is 3. The maximum Gasteiger partial charge on any atom is 0.280 e. The lowest BCUT2D eigenvalue weighted by Gasteiger charge is -2.19. The highest BCUT2D eigenvalue weighted by Gasteiger charge is 2.30. The van der Waals surface area contributed by atoms with E-state index in [0.29, 0.717) is 6.54 Å². The average molecular weight is 406 g/mol. The van der Waals surface area contributed by atoms with Gasteiger partial charge in [-0.1, -0.05) is 46.9 Å². The molecular weight excluding hydrogens is 391 g/mol. The van der Waals surface area contributed by atoms with Gasteiger partial charge in [0.05, 0.1) is 10.5 Å². The first kappa shape index (κ1) is 19.6. The van der Waals surface area contributed by atoms with Crippen molar-refractivity contribution in [3.63, 3.8) is 0 Å². The first-order valence-electron chi connectivity index (χ1n) is 7.07. The third-order valence-electron chi connectivity index (χ3n) is 2.93. The van der Waals surface area contributed by atoms with Crippen LogP contribution in [0.3, 0.4) is 0 Å². The fourth-order valence-electron chi connectivity index (χ4n) is 1.83. The van der Waals surface area contributed by atoms with E-state index in [1.165, 1.54) is 18.2 Å². The van der Waals surface area contributed by atoms with E-state index in [-0.39, 0.29) is 28.8 Å². The van der Waals surface area contributed by atoms with Gasteiger partial charge in [0, 0.05) is 18.2 Å². The van der Waals surface area contributed by atoms with E-state index in [1.807, 2.05) is 0 Å². The van der Waals surface area contributed by atoms with Gasteiger partial charge in [-0.05, 0) is 19.9 Å². The van der Waals surface area contributed by atoms with Crippen molar-refractivity contribution in [3.8, 4) is 11.4 Å². The second kappa shape index (κ2) is 7.25. The van der Waals surface area contributed by atoms with Crippen LogP contribution in [0, 0.1) is 10.1 Å². The summed E-state index contributed by atoms with van der Waals surface area (Å²) < 4.78 is -1.92. The largest absolute Gasteiger partial charge is 0.352 e. The molecule has 0 unspecified atom stereocenters. The third kappa shape index (κ3) is 5.37. The van der Waals surface area contributed by atoms with Crippen molar-refractivity contribution in [2.75, 3.05) is 11.9 Å². The molecule has 2 aromatic rings. The Labute approximate surface area is 158 Å². The van der Waals surface area contributed by atoms with Crippen molar-refractivity contribution < 1.29 is 4.92 Å². The molecule has 2 rings (SSSR count). The molecule has 0 bridgehead atoms. The lowest BCUT2D eigenvalue weighted by molar-refractivity contribution is -0.384. The zero-order chi connectivity index (χ0) is 18.8. The summed E-state index contributed by atoms with van der Waals surface area (Å²) in [7, 11) is 0. The second-order valence-electron chi connectivity index (χ2n) is 5.92. The van der Waals surface area contributed by atoms with Gasteiger partial charge in [0.2, 0.25) is 9.74 Å². The predicted octanol–water partition coefficient (Wildman–Crippen LogP) is 3.42. The van der Waals surface area contributed by atoms with E-state index in [0.717, 1.165) is 0 Å². The molecule has 1 heterocycles. The molecule has 11 heteroatoms. The molecule has 1 aromatic carbocycles. The van der Waals surface area contributed by atoms with Gasteiger partial charge in [-0.3, -0.25) is 10.1 Å². The molecule has 1 aromatic heterocycles. The molecule has 0 aliphatic rings. The van der Waals surface area contributed by atoms with Gasteiger partial charge >= 0.3 is 0 Å². The maximum atomic E-state index is 11.2. The minimum Gasteiger partial charge on any atom is -0.352 e. The Hall–Kier alpha value is -1.74. The number of nitrogens with zero attached hydrogens (tertiary/aromatic N) is 4. The van der Waals surface area contributed by atoms with Crippen molar-refractivity contribution in [1.82, 2.24) is 15.0 Å². The van der Waals surface area contributed by atoms with Crippen LogP contribution in [0.25, 0.3) is 11.4 Å². The lowest BCUT2D eigenvalue weighted by atomic mass is 10.1. The molecule has 8 nitrogen and oxygen atoms in total. The van der Waals surface area contributed by atoms with Crippen LogP contribution in [0.15, 0.2) is 24.3 Å². The van der Waals surface area contributed by atoms with Crippen LogP contribution < -0.4 is 11.1 Å². The van der Waals surface area contributed by atoms with Gasteiger partial charge in [-0.15, -0.1) is 0 Å². The minimum atomic E-state index is -1.92. The van der Waals surface area contributed by atoms with Gasteiger partial charge in [0.25, 0.3) is 5.69 Å². The van der Waals surface area contributed by atoms with Crippen LogP contribution in [0.4, 0.5) is 11.6 Å². The van der Waals surface area contributed by atoms with Gasteiger partial charge in [0.15, 0.2) is 11.6 Å². The normalized spacial score (nSPS) is 12.1. The van der Waals surface area contributed by atoms with Crippen molar-refractivity contribution in [3.05, 3.63) is 40.2 Å². The van der Waals surface area contributed by atoms with E-state index < -0.39 is 14.3 Å². The van der Waals surface area contributed by atoms with E-state index in [1.54, 1.807) is 19.9 Å². The van der Waals surface area contributed by atoms with Gasteiger partial charge < -0.3 is 11.1 Å². The van der Waals surface area contributed by atoms with Crippen LogP contribution in [-0.4, -0.2) is 32.0 Å².